The smallest absolute Gasteiger partial charge is 0.253 e. The van der Waals surface area contributed by atoms with E-state index in [9.17, 15) is 4.79 Å². The molecule has 1 saturated heterocycles. The maximum absolute atomic E-state index is 12.6. The van der Waals surface area contributed by atoms with Gasteiger partial charge in [-0.3, -0.25) is 19.4 Å². The maximum Gasteiger partial charge on any atom is 0.253 e. The minimum absolute atomic E-state index is 0.121. The quantitative estimate of drug-likeness (QED) is 0.716. The fourth-order valence-corrected chi connectivity index (χ4v) is 3.42. The number of hydrogen-bond acceptors (Lipinski definition) is 4. The number of pyridine rings is 1. The van der Waals surface area contributed by atoms with E-state index in [-0.39, 0.29) is 5.91 Å². The third-order valence-electron chi connectivity index (χ3n) is 5.02. The first-order valence-electron chi connectivity index (χ1n) is 9.21. The monoisotopic (exact) mass is 361 g/mol. The Labute approximate surface area is 159 Å². The SMILES string of the molecule is Cn1nc(-c2ccncc2)cc1CN1CCN(C(=O)c2ccccc2)CC1. The molecule has 1 aliphatic heterocycles. The molecule has 4 rings (SSSR count). The van der Waals surface area contributed by atoms with Gasteiger partial charge in [0.2, 0.25) is 0 Å². The zero-order valence-corrected chi connectivity index (χ0v) is 15.5. The standard InChI is InChI=1S/C21H23N5O/c1-24-19(15-20(23-24)17-7-9-22-10-8-17)16-25-11-13-26(14-12-25)21(27)18-5-3-2-4-6-18/h2-10,15H,11-14,16H2,1H3. The minimum Gasteiger partial charge on any atom is -0.336 e. The van der Waals surface area contributed by atoms with Gasteiger partial charge in [-0.1, -0.05) is 18.2 Å². The molecule has 3 aromatic rings. The van der Waals surface area contributed by atoms with Gasteiger partial charge in [0.05, 0.1) is 11.4 Å². The van der Waals surface area contributed by atoms with Crippen LogP contribution in [0.1, 0.15) is 16.1 Å². The van der Waals surface area contributed by atoms with Crippen LogP contribution in [0.15, 0.2) is 60.9 Å². The number of hydrogen-bond donors (Lipinski definition) is 0. The number of benzene rings is 1. The van der Waals surface area contributed by atoms with Crippen molar-refractivity contribution < 1.29 is 4.79 Å². The van der Waals surface area contributed by atoms with E-state index in [1.807, 2.05) is 59.1 Å². The summed E-state index contributed by atoms with van der Waals surface area (Å²) in [6.07, 6.45) is 3.57. The lowest BCUT2D eigenvalue weighted by atomic mass is 10.1. The first-order valence-corrected chi connectivity index (χ1v) is 9.21. The lowest BCUT2D eigenvalue weighted by Gasteiger charge is -2.34. The van der Waals surface area contributed by atoms with Gasteiger partial charge >= 0.3 is 0 Å². The Morgan fingerprint density at radius 2 is 1.70 bits per heavy atom. The number of piperazine rings is 1. The number of aryl methyl sites for hydroxylation is 1. The third kappa shape index (κ3) is 3.90. The van der Waals surface area contributed by atoms with Crippen LogP contribution >= 0.6 is 0 Å². The molecule has 1 amide bonds. The largest absolute Gasteiger partial charge is 0.336 e. The average molecular weight is 361 g/mol. The Morgan fingerprint density at radius 3 is 2.41 bits per heavy atom. The van der Waals surface area contributed by atoms with Crippen molar-refractivity contribution in [2.45, 2.75) is 6.54 Å². The summed E-state index contributed by atoms with van der Waals surface area (Å²) in [5, 5.41) is 4.63. The molecule has 0 N–H and O–H groups in total. The molecule has 0 unspecified atom stereocenters. The van der Waals surface area contributed by atoms with Crippen LogP contribution in [0.5, 0.6) is 0 Å². The van der Waals surface area contributed by atoms with Gasteiger partial charge in [-0.25, -0.2) is 0 Å². The molecule has 0 bridgehead atoms. The van der Waals surface area contributed by atoms with Gasteiger partial charge < -0.3 is 4.90 Å². The Kier molecular flexibility index (Phi) is 4.98. The van der Waals surface area contributed by atoms with Gasteiger partial charge in [0, 0.05) is 63.3 Å². The molecule has 1 fully saturated rings. The molecule has 6 heteroatoms. The molecule has 3 heterocycles. The molecule has 0 spiro atoms. The van der Waals surface area contributed by atoms with Crippen molar-refractivity contribution in [1.29, 1.82) is 0 Å². The second kappa shape index (κ2) is 7.72. The Bertz CT molecular complexity index is 899. The number of rotatable bonds is 4. The predicted octanol–water partition coefficient (Wildman–Crippen LogP) is 2.44. The lowest BCUT2D eigenvalue weighted by molar-refractivity contribution is 0.0625. The summed E-state index contributed by atoms with van der Waals surface area (Å²) in [4.78, 5) is 20.9. The highest BCUT2D eigenvalue weighted by Gasteiger charge is 2.22. The van der Waals surface area contributed by atoms with Crippen LogP contribution in [0.3, 0.4) is 0 Å². The highest BCUT2D eigenvalue weighted by Crippen LogP contribution is 2.19. The molecular weight excluding hydrogens is 338 g/mol. The van der Waals surface area contributed by atoms with Gasteiger partial charge in [-0.2, -0.15) is 5.10 Å². The highest BCUT2D eigenvalue weighted by molar-refractivity contribution is 5.94. The van der Waals surface area contributed by atoms with E-state index < -0.39 is 0 Å². The molecule has 0 aliphatic carbocycles. The molecule has 27 heavy (non-hydrogen) atoms. The van der Waals surface area contributed by atoms with Crippen molar-refractivity contribution in [2.24, 2.45) is 7.05 Å². The Hall–Kier alpha value is -2.99. The van der Waals surface area contributed by atoms with E-state index in [0.717, 1.165) is 49.5 Å². The fourth-order valence-electron chi connectivity index (χ4n) is 3.42. The summed E-state index contributed by atoms with van der Waals surface area (Å²) in [5.41, 5.74) is 3.97. The molecule has 138 valence electrons. The van der Waals surface area contributed by atoms with Crippen LogP contribution < -0.4 is 0 Å². The Balaban J connectivity index is 1.37. The molecular formula is C21H23N5O. The van der Waals surface area contributed by atoms with Gasteiger partial charge in [0.1, 0.15) is 0 Å². The summed E-state index contributed by atoms with van der Waals surface area (Å²) in [5.74, 6) is 0.121. The molecule has 6 nitrogen and oxygen atoms in total. The summed E-state index contributed by atoms with van der Waals surface area (Å²) in [6, 6.07) is 15.6. The zero-order chi connectivity index (χ0) is 18.6. The van der Waals surface area contributed by atoms with Gasteiger partial charge in [0.25, 0.3) is 5.91 Å². The lowest BCUT2D eigenvalue weighted by Crippen LogP contribution is -2.48. The normalized spacial score (nSPS) is 15.1. The molecule has 0 atom stereocenters. The first kappa shape index (κ1) is 17.4. The minimum atomic E-state index is 0.121. The number of carbonyl (C=O) groups is 1. The zero-order valence-electron chi connectivity index (χ0n) is 15.5. The van der Waals surface area contributed by atoms with E-state index in [0.29, 0.717) is 0 Å². The van der Waals surface area contributed by atoms with Gasteiger partial charge in [0.15, 0.2) is 0 Å². The van der Waals surface area contributed by atoms with Crippen molar-refractivity contribution in [3.63, 3.8) is 0 Å². The number of amides is 1. The van der Waals surface area contributed by atoms with Crippen LogP contribution in [0.25, 0.3) is 11.3 Å². The van der Waals surface area contributed by atoms with Crippen LogP contribution in [0, 0.1) is 0 Å². The second-order valence-corrected chi connectivity index (χ2v) is 6.81. The van der Waals surface area contributed by atoms with Crippen molar-refractivity contribution in [1.82, 2.24) is 24.6 Å². The molecule has 0 saturated carbocycles. The number of carbonyl (C=O) groups excluding carboxylic acids is 1. The van der Waals surface area contributed by atoms with Crippen molar-refractivity contribution in [3.05, 3.63) is 72.2 Å². The number of nitrogens with zero attached hydrogens (tertiary/aromatic N) is 5. The van der Waals surface area contributed by atoms with E-state index in [2.05, 4.69) is 21.0 Å². The van der Waals surface area contributed by atoms with Gasteiger partial charge in [-0.15, -0.1) is 0 Å². The second-order valence-electron chi connectivity index (χ2n) is 6.81. The molecule has 1 aliphatic rings. The highest BCUT2D eigenvalue weighted by atomic mass is 16.2. The van der Waals surface area contributed by atoms with Crippen molar-refractivity contribution in [2.75, 3.05) is 26.2 Å². The maximum atomic E-state index is 12.6. The van der Waals surface area contributed by atoms with E-state index >= 15 is 0 Å². The fraction of sp³-hybridized carbons (Fsp3) is 0.286. The molecule has 0 radical (unpaired) electrons. The molecule has 1 aromatic carbocycles. The predicted molar refractivity (Wildman–Crippen MR) is 104 cm³/mol. The first-order chi connectivity index (χ1) is 13.2. The van der Waals surface area contributed by atoms with Crippen LogP contribution in [-0.4, -0.2) is 56.7 Å². The molecule has 2 aromatic heterocycles. The van der Waals surface area contributed by atoms with Crippen molar-refractivity contribution >= 4 is 5.91 Å². The van der Waals surface area contributed by atoms with E-state index in [4.69, 9.17) is 0 Å². The Morgan fingerprint density at radius 1 is 1.00 bits per heavy atom. The summed E-state index contributed by atoms with van der Waals surface area (Å²) < 4.78 is 1.94. The van der Waals surface area contributed by atoms with E-state index in [1.165, 1.54) is 5.69 Å². The average Bonchev–Trinajstić information content (AvgIpc) is 3.10. The summed E-state index contributed by atoms with van der Waals surface area (Å²) in [6.45, 7) is 4.08. The number of aromatic nitrogens is 3. The van der Waals surface area contributed by atoms with Gasteiger partial charge in [-0.05, 0) is 30.3 Å². The summed E-state index contributed by atoms with van der Waals surface area (Å²) >= 11 is 0. The summed E-state index contributed by atoms with van der Waals surface area (Å²) in [7, 11) is 1.98. The third-order valence-corrected chi connectivity index (χ3v) is 5.02. The van der Waals surface area contributed by atoms with Crippen LogP contribution in [0.2, 0.25) is 0 Å². The van der Waals surface area contributed by atoms with E-state index in [1.54, 1.807) is 12.4 Å². The topological polar surface area (TPSA) is 54.3 Å². The van der Waals surface area contributed by atoms with Crippen LogP contribution in [0.4, 0.5) is 0 Å². The van der Waals surface area contributed by atoms with Crippen molar-refractivity contribution in [3.8, 4) is 11.3 Å². The van der Waals surface area contributed by atoms with Crippen LogP contribution in [-0.2, 0) is 13.6 Å².